The van der Waals surface area contributed by atoms with Gasteiger partial charge in [0, 0.05) is 18.1 Å². The van der Waals surface area contributed by atoms with E-state index in [1.807, 2.05) is 29.0 Å². The van der Waals surface area contributed by atoms with Crippen LogP contribution in [0.2, 0.25) is 0 Å². The molecule has 0 aliphatic heterocycles. The number of carbonyl (C=O) groups is 1. The van der Waals surface area contributed by atoms with Gasteiger partial charge >= 0.3 is 0 Å². The number of ether oxygens (including phenoxy) is 1. The Balaban J connectivity index is 1.68. The number of nitrogens with zero attached hydrogens (tertiary/aromatic N) is 1. The average Bonchev–Trinajstić information content (AvgIpc) is 3.25. The van der Waals surface area contributed by atoms with Crippen LogP contribution >= 0.6 is 22.7 Å². The van der Waals surface area contributed by atoms with E-state index in [1.165, 1.54) is 28.2 Å². The summed E-state index contributed by atoms with van der Waals surface area (Å²) in [5.74, 6) is -0.115. The summed E-state index contributed by atoms with van der Waals surface area (Å²) in [5.41, 5.74) is 3.14. The zero-order chi connectivity index (χ0) is 16.1. The van der Waals surface area contributed by atoms with Crippen LogP contribution in [0.4, 0.5) is 5.13 Å². The lowest BCUT2D eigenvalue weighted by Crippen LogP contribution is -2.09. The van der Waals surface area contributed by atoms with Crippen molar-refractivity contribution in [2.24, 2.45) is 0 Å². The van der Waals surface area contributed by atoms with Gasteiger partial charge in [-0.2, -0.15) is 0 Å². The first-order valence-electron chi connectivity index (χ1n) is 7.15. The molecule has 23 heavy (non-hydrogen) atoms. The number of hydrogen-bond acceptors (Lipinski definition) is 5. The quantitative estimate of drug-likeness (QED) is 0.725. The fourth-order valence-electron chi connectivity index (χ4n) is 2.09. The highest BCUT2D eigenvalue weighted by atomic mass is 32.1. The monoisotopic (exact) mass is 344 g/mol. The SMILES string of the molecule is COCCc1ccc(-c2csc(NC(=O)c3cccs3)n2)cc1. The predicted octanol–water partition coefficient (Wildman–Crippen LogP) is 4.31. The summed E-state index contributed by atoms with van der Waals surface area (Å²) in [6.07, 6.45) is 0.899. The van der Waals surface area contributed by atoms with E-state index in [1.54, 1.807) is 13.2 Å². The Bertz CT molecular complexity index is 764. The Hall–Kier alpha value is -2.02. The van der Waals surface area contributed by atoms with Gasteiger partial charge < -0.3 is 4.74 Å². The molecule has 0 fully saturated rings. The van der Waals surface area contributed by atoms with E-state index in [4.69, 9.17) is 4.74 Å². The molecule has 4 nitrogen and oxygen atoms in total. The third kappa shape index (κ3) is 4.04. The topological polar surface area (TPSA) is 51.2 Å². The minimum Gasteiger partial charge on any atom is -0.384 e. The second-order valence-electron chi connectivity index (χ2n) is 4.91. The zero-order valence-electron chi connectivity index (χ0n) is 12.6. The van der Waals surface area contributed by atoms with Crippen LogP contribution in [0, 0.1) is 0 Å². The summed E-state index contributed by atoms with van der Waals surface area (Å²) < 4.78 is 5.08. The molecule has 118 valence electrons. The number of aromatic nitrogens is 1. The molecule has 0 aliphatic rings. The molecule has 0 unspecified atom stereocenters. The number of methoxy groups -OCH3 is 1. The van der Waals surface area contributed by atoms with Crippen molar-refractivity contribution in [2.45, 2.75) is 6.42 Å². The first kappa shape index (κ1) is 15.9. The van der Waals surface area contributed by atoms with Gasteiger partial charge in [-0.15, -0.1) is 22.7 Å². The molecule has 1 amide bonds. The Morgan fingerprint density at radius 1 is 1.22 bits per heavy atom. The fraction of sp³-hybridized carbons (Fsp3) is 0.176. The number of benzene rings is 1. The zero-order valence-corrected chi connectivity index (χ0v) is 14.2. The molecule has 0 radical (unpaired) electrons. The number of amides is 1. The number of anilines is 1. The van der Waals surface area contributed by atoms with E-state index in [-0.39, 0.29) is 5.91 Å². The number of nitrogens with one attached hydrogen (secondary N) is 1. The van der Waals surface area contributed by atoms with Crippen LogP contribution in [-0.2, 0) is 11.2 Å². The highest BCUT2D eigenvalue weighted by Crippen LogP contribution is 2.26. The van der Waals surface area contributed by atoms with E-state index in [0.717, 1.165) is 24.3 Å². The van der Waals surface area contributed by atoms with Crippen molar-refractivity contribution < 1.29 is 9.53 Å². The van der Waals surface area contributed by atoms with Crippen LogP contribution in [0.15, 0.2) is 47.2 Å². The van der Waals surface area contributed by atoms with E-state index in [2.05, 4.69) is 22.4 Å². The number of thiophene rings is 1. The molecule has 0 atom stereocenters. The molecule has 0 aliphatic carbocycles. The number of rotatable bonds is 6. The van der Waals surface area contributed by atoms with E-state index in [9.17, 15) is 4.79 Å². The lowest BCUT2D eigenvalue weighted by molar-refractivity contribution is 0.103. The van der Waals surface area contributed by atoms with Crippen molar-refractivity contribution >= 4 is 33.7 Å². The second-order valence-corrected chi connectivity index (χ2v) is 6.71. The van der Waals surface area contributed by atoms with Crippen LogP contribution < -0.4 is 5.32 Å². The summed E-state index contributed by atoms with van der Waals surface area (Å²) in [6, 6.07) is 11.9. The highest BCUT2D eigenvalue weighted by Gasteiger charge is 2.10. The van der Waals surface area contributed by atoms with Gasteiger partial charge in [-0.05, 0) is 23.4 Å². The normalized spacial score (nSPS) is 10.7. The Morgan fingerprint density at radius 3 is 2.74 bits per heavy atom. The van der Waals surface area contributed by atoms with Crippen LogP contribution in [0.5, 0.6) is 0 Å². The maximum absolute atomic E-state index is 12.0. The molecule has 0 saturated heterocycles. The summed E-state index contributed by atoms with van der Waals surface area (Å²) >= 11 is 2.85. The average molecular weight is 344 g/mol. The number of thiazole rings is 1. The van der Waals surface area contributed by atoms with Gasteiger partial charge in [0.1, 0.15) is 0 Å². The van der Waals surface area contributed by atoms with Gasteiger partial charge in [0.2, 0.25) is 0 Å². The standard InChI is InChI=1S/C17H16N2O2S2/c1-21-9-8-12-4-6-13(7-5-12)14-11-23-17(18-14)19-16(20)15-3-2-10-22-15/h2-7,10-11H,8-9H2,1H3,(H,18,19,20). The Kier molecular flexibility index (Phi) is 5.17. The van der Waals surface area contributed by atoms with Crippen LogP contribution in [0.3, 0.4) is 0 Å². The van der Waals surface area contributed by atoms with Crippen molar-refractivity contribution in [3.05, 3.63) is 57.6 Å². The van der Waals surface area contributed by atoms with Crippen LogP contribution in [0.25, 0.3) is 11.3 Å². The molecular formula is C17H16N2O2S2. The molecule has 2 heterocycles. The summed E-state index contributed by atoms with van der Waals surface area (Å²) in [6.45, 7) is 0.717. The highest BCUT2D eigenvalue weighted by molar-refractivity contribution is 7.14. The predicted molar refractivity (Wildman–Crippen MR) is 95.4 cm³/mol. The van der Waals surface area contributed by atoms with Crippen molar-refractivity contribution in [1.29, 1.82) is 0 Å². The van der Waals surface area contributed by atoms with Crippen LogP contribution in [-0.4, -0.2) is 24.6 Å². The molecular weight excluding hydrogens is 328 g/mol. The summed E-state index contributed by atoms with van der Waals surface area (Å²) in [4.78, 5) is 17.2. The van der Waals surface area contributed by atoms with Crippen LogP contribution in [0.1, 0.15) is 15.2 Å². The minimum absolute atomic E-state index is 0.115. The van der Waals surface area contributed by atoms with Gasteiger partial charge in [0.15, 0.2) is 5.13 Å². The number of hydrogen-bond donors (Lipinski definition) is 1. The molecule has 0 spiro atoms. The van der Waals surface area contributed by atoms with Crippen molar-refractivity contribution in [1.82, 2.24) is 4.98 Å². The third-order valence-corrected chi connectivity index (χ3v) is 4.94. The smallest absolute Gasteiger partial charge is 0.267 e. The maximum atomic E-state index is 12.0. The molecule has 0 bridgehead atoms. The molecule has 2 aromatic heterocycles. The van der Waals surface area contributed by atoms with Gasteiger partial charge in [-0.1, -0.05) is 30.3 Å². The van der Waals surface area contributed by atoms with Gasteiger partial charge in [0.25, 0.3) is 5.91 Å². The first-order chi connectivity index (χ1) is 11.3. The molecule has 1 N–H and O–H groups in total. The van der Waals surface area contributed by atoms with Gasteiger partial charge in [0.05, 0.1) is 17.2 Å². The largest absolute Gasteiger partial charge is 0.384 e. The van der Waals surface area contributed by atoms with Crippen molar-refractivity contribution in [3.8, 4) is 11.3 Å². The first-order valence-corrected chi connectivity index (χ1v) is 8.91. The van der Waals surface area contributed by atoms with E-state index in [0.29, 0.717) is 10.0 Å². The van der Waals surface area contributed by atoms with E-state index >= 15 is 0 Å². The molecule has 3 rings (SSSR count). The summed E-state index contributed by atoms with van der Waals surface area (Å²) in [5, 5.41) is 7.28. The number of carbonyl (C=O) groups excluding carboxylic acids is 1. The lowest BCUT2D eigenvalue weighted by atomic mass is 10.1. The van der Waals surface area contributed by atoms with Crippen molar-refractivity contribution in [2.75, 3.05) is 19.0 Å². The molecule has 0 saturated carbocycles. The third-order valence-electron chi connectivity index (χ3n) is 3.31. The minimum atomic E-state index is -0.115. The maximum Gasteiger partial charge on any atom is 0.267 e. The summed E-state index contributed by atoms with van der Waals surface area (Å²) in [7, 11) is 1.70. The molecule has 6 heteroatoms. The van der Waals surface area contributed by atoms with E-state index < -0.39 is 0 Å². The van der Waals surface area contributed by atoms with Crippen molar-refractivity contribution in [3.63, 3.8) is 0 Å². The Morgan fingerprint density at radius 2 is 2.04 bits per heavy atom. The fourth-order valence-corrected chi connectivity index (χ4v) is 3.43. The van der Waals surface area contributed by atoms with Gasteiger partial charge in [-0.25, -0.2) is 4.98 Å². The lowest BCUT2D eigenvalue weighted by Gasteiger charge is -2.02. The second kappa shape index (κ2) is 7.50. The molecule has 1 aromatic carbocycles. The molecule has 3 aromatic rings. The van der Waals surface area contributed by atoms with Gasteiger partial charge in [-0.3, -0.25) is 10.1 Å². The Labute approximate surface area is 142 Å².